The van der Waals surface area contributed by atoms with Crippen molar-refractivity contribution in [2.24, 2.45) is 10.7 Å². The van der Waals surface area contributed by atoms with E-state index in [1.165, 1.54) is 6.07 Å². The normalized spacial score (nSPS) is 14.9. The van der Waals surface area contributed by atoms with E-state index >= 15 is 0 Å². The third-order valence-corrected chi connectivity index (χ3v) is 4.76. The van der Waals surface area contributed by atoms with Gasteiger partial charge < -0.3 is 20.9 Å². The van der Waals surface area contributed by atoms with Crippen molar-refractivity contribution in [2.75, 3.05) is 37.6 Å². The van der Waals surface area contributed by atoms with Crippen LogP contribution in [0.15, 0.2) is 53.5 Å². The van der Waals surface area contributed by atoms with Gasteiger partial charge in [-0.3, -0.25) is 4.79 Å². The number of para-hydroxylation sites is 1. The van der Waals surface area contributed by atoms with E-state index in [0.29, 0.717) is 17.8 Å². The number of anilines is 1. The minimum absolute atomic E-state index is 0.184. The Morgan fingerprint density at radius 1 is 1.11 bits per heavy atom. The van der Waals surface area contributed by atoms with Crippen LogP contribution in [0.5, 0.6) is 0 Å². The summed E-state index contributed by atoms with van der Waals surface area (Å²) in [6.07, 6.45) is 0. The lowest BCUT2D eigenvalue weighted by atomic mass is 10.1. The lowest BCUT2D eigenvalue weighted by Gasteiger charge is -2.37. The summed E-state index contributed by atoms with van der Waals surface area (Å²) < 4.78 is 14.0. The second-order valence-corrected chi connectivity index (χ2v) is 6.66. The van der Waals surface area contributed by atoms with Crippen LogP contribution in [0.3, 0.4) is 0 Å². The number of hydrogen-bond donors (Lipinski definition) is 2. The molecule has 0 unspecified atom stereocenters. The number of carbonyl (C=O) groups excluding carboxylic acids is 1. The monoisotopic (exact) mass is 383 g/mol. The molecule has 0 aliphatic carbocycles. The van der Waals surface area contributed by atoms with E-state index in [9.17, 15) is 9.18 Å². The fraction of sp³-hybridized carbons (Fsp3) is 0.333. The molecule has 3 N–H and O–H groups in total. The molecule has 7 heteroatoms. The standard InChI is InChI=1S/C21H26FN5O/c1-2-24-21(25-15-16-7-9-17(10-8-16)20(23)28)27-13-11-26(12-14-27)19-6-4-3-5-18(19)22/h3-10H,2,11-15H2,1H3,(H2,23,28)(H,24,25). The molecule has 1 aliphatic heterocycles. The molecule has 2 aromatic rings. The molecule has 0 bridgehead atoms. The van der Waals surface area contributed by atoms with Gasteiger partial charge in [-0.2, -0.15) is 0 Å². The number of nitrogens with zero attached hydrogens (tertiary/aromatic N) is 3. The SMILES string of the molecule is CCNC(=NCc1ccc(C(N)=O)cc1)N1CCN(c2ccccc2F)CC1. The molecule has 1 fully saturated rings. The lowest BCUT2D eigenvalue weighted by molar-refractivity contribution is 0.100. The maximum absolute atomic E-state index is 14.0. The van der Waals surface area contributed by atoms with Crippen molar-refractivity contribution in [3.63, 3.8) is 0 Å². The van der Waals surface area contributed by atoms with Crippen molar-refractivity contribution < 1.29 is 9.18 Å². The van der Waals surface area contributed by atoms with Crippen LogP contribution in [-0.2, 0) is 6.54 Å². The first-order valence-corrected chi connectivity index (χ1v) is 9.50. The molecule has 28 heavy (non-hydrogen) atoms. The van der Waals surface area contributed by atoms with Crippen LogP contribution >= 0.6 is 0 Å². The number of rotatable bonds is 5. The summed E-state index contributed by atoms with van der Waals surface area (Å²) in [5.74, 6) is 0.224. The predicted octanol–water partition coefficient (Wildman–Crippen LogP) is 2.21. The average Bonchev–Trinajstić information content (AvgIpc) is 2.72. The summed E-state index contributed by atoms with van der Waals surface area (Å²) in [4.78, 5) is 20.2. The number of piperazine rings is 1. The molecule has 0 aromatic heterocycles. The van der Waals surface area contributed by atoms with E-state index in [1.54, 1.807) is 18.2 Å². The number of hydrogen-bond acceptors (Lipinski definition) is 3. The largest absolute Gasteiger partial charge is 0.366 e. The highest BCUT2D eigenvalue weighted by molar-refractivity contribution is 5.92. The van der Waals surface area contributed by atoms with Crippen molar-refractivity contribution in [1.29, 1.82) is 0 Å². The Hall–Kier alpha value is -3.09. The summed E-state index contributed by atoms with van der Waals surface area (Å²) in [6, 6.07) is 14.0. The van der Waals surface area contributed by atoms with Crippen molar-refractivity contribution in [1.82, 2.24) is 10.2 Å². The zero-order chi connectivity index (χ0) is 19.9. The number of halogens is 1. The van der Waals surface area contributed by atoms with Crippen LogP contribution in [0.25, 0.3) is 0 Å². The molecule has 0 radical (unpaired) electrons. The number of nitrogens with two attached hydrogens (primary N) is 1. The Kier molecular flexibility index (Phi) is 6.47. The Labute approximate surface area is 164 Å². The molecule has 1 heterocycles. The molecular weight excluding hydrogens is 357 g/mol. The molecule has 1 amide bonds. The van der Waals surface area contributed by atoms with Crippen LogP contribution in [0.4, 0.5) is 10.1 Å². The molecular formula is C21H26FN5O. The first-order chi connectivity index (χ1) is 13.6. The van der Waals surface area contributed by atoms with Gasteiger partial charge in [0.05, 0.1) is 12.2 Å². The zero-order valence-electron chi connectivity index (χ0n) is 16.1. The molecule has 1 aliphatic rings. The summed E-state index contributed by atoms with van der Waals surface area (Å²) >= 11 is 0. The topological polar surface area (TPSA) is 74.0 Å². The van der Waals surface area contributed by atoms with E-state index in [2.05, 4.69) is 15.1 Å². The van der Waals surface area contributed by atoms with Crippen LogP contribution in [-0.4, -0.2) is 49.5 Å². The quantitative estimate of drug-likeness (QED) is 0.613. The van der Waals surface area contributed by atoms with E-state index in [0.717, 1.165) is 44.2 Å². The van der Waals surface area contributed by atoms with Gasteiger partial charge in [-0.15, -0.1) is 0 Å². The number of guanidine groups is 1. The van der Waals surface area contributed by atoms with Gasteiger partial charge in [0.2, 0.25) is 5.91 Å². The average molecular weight is 383 g/mol. The second-order valence-electron chi connectivity index (χ2n) is 6.66. The summed E-state index contributed by atoms with van der Waals surface area (Å²) in [5.41, 5.74) is 7.42. The Morgan fingerprint density at radius 3 is 2.39 bits per heavy atom. The van der Waals surface area contributed by atoms with Gasteiger partial charge in [-0.05, 0) is 36.8 Å². The van der Waals surface area contributed by atoms with E-state index in [4.69, 9.17) is 10.7 Å². The number of carbonyl (C=O) groups is 1. The highest BCUT2D eigenvalue weighted by Crippen LogP contribution is 2.20. The third kappa shape index (κ3) is 4.79. The smallest absolute Gasteiger partial charge is 0.248 e. The van der Waals surface area contributed by atoms with Crippen LogP contribution in [0.1, 0.15) is 22.8 Å². The number of aliphatic imine (C=N–C) groups is 1. The molecule has 6 nitrogen and oxygen atoms in total. The first-order valence-electron chi connectivity index (χ1n) is 9.50. The molecule has 3 rings (SSSR count). The number of nitrogens with one attached hydrogen (secondary N) is 1. The number of benzene rings is 2. The zero-order valence-corrected chi connectivity index (χ0v) is 16.1. The Bertz CT molecular complexity index is 829. The van der Waals surface area contributed by atoms with E-state index < -0.39 is 5.91 Å². The maximum Gasteiger partial charge on any atom is 0.248 e. The van der Waals surface area contributed by atoms with E-state index in [-0.39, 0.29) is 5.82 Å². The van der Waals surface area contributed by atoms with Crippen molar-refractivity contribution in [3.05, 3.63) is 65.5 Å². The maximum atomic E-state index is 14.0. The van der Waals surface area contributed by atoms with Gasteiger partial charge in [-0.25, -0.2) is 9.38 Å². The minimum Gasteiger partial charge on any atom is -0.366 e. The molecule has 0 atom stereocenters. The molecule has 0 saturated carbocycles. The molecule has 2 aromatic carbocycles. The summed E-state index contributed by atoms with van der Waals surface area (Å²) in [6.45, 7) is 6.31. The number of amides is 1. The Balaban J connectivity index is 1.63. The Morgan fingerprint density at radius 2 is 1.79 bits per heavy atom. The van der Waals surface area contributed by atoms with Crippen LogP contribution < -0.4 is 16.0 Å². The molecule has 148 valence electrons. The minimum atomic E-state index is -0.434. The highest BCUT2D eigenvalue weighted by atomic mass is 19.1. The van der Waals surface area contributed by atoms with E-state index in [1.807, 2.05) is 31.2 Å². The second kappa shape index (κ2) is 9.21. The highest BCUT2D eigenvalue weighted by Gasteiger charge is 2.21. The van der Waals surface area contributed by atoms with Crippen molar-refractivity contribution in [3.8, 4) is 0 Å². The fourth-order valence-electron chi connectivity index (χ4n) is 3.23. The molecule has 1 saturated heterocycles. The van der Waals surface area contributed by atoms with Crippen molar-refractivity contribution in [2.45, 2.75) is 13.5 Å². The third-order valence-electron chi connectivity index (χ3n) is 4.76. The van der Waals surface area contributed by atoms with Crippen molar-refractivity contribution >= 4 is 17.6 Å². The fourth-order valence-corrected chi connectivity index (χ4v) is 3.23. The van der Waals surface area contributed by atoms with Gasteiger partial charge in [-0.1, -0.05) is 24.3 Å². The summed E-state index contributed by atoms with van der Waals surface area (Å²) in [5, 5.41) is 3.33. The van der Waals surface area contributed by atoms with Gasteiger partial charge in [0.25, 0.3) is 0 Å². The van der Waals surface area contributed by atoms with Gasteiger partial charge in [0.1, 0.15) is 5.82 Å². The van der Waals surface area contributed by atoms with Gasteiger partial charge in [0, 0.05) is 38.3 Å². The predicted molar refractivity (Wildman–Crippen MR) is 110 cm³/mol. The molecule has 0 spiro atoms. The van der Waals surface area contributed by atoms with Crippen LogP contribution in [0.2, 0.25) is 0 Å². The van der Waals surface area contributed by atoms with Gasteiger partial charge in [0.15, 0.2) is 5.96 Å². The van der Waals surface area contributed by atoms with Crippen LogP contribution in [0, 0.1) is 5.82 Å². The summed E-state index contributed by atoms with van der Waals surface area (Å²) in [7, 11) is 0. The van der Waals surface area contributed by atoms with Gasteiger partial charge >= 0.3 is 0 Å². The first kappa shape index (κ1) is 19.7. The number of primary amides is 1. The lowest BCUT2D eigenvalue weighted by Crippen LogP contribution is -2.52.